The van der Waals surface area contributed by atoms with Crippen LogP contribution in [0.1, 0.15) is 32.4 Å². The van der Waals surface area contributed by atoms with Crippen molar-refractivity contribution >= 4 is 35.0 Å². The van der Waals surface area contributed by atoms with E-state index in [1.54, 1.807) is 36.9 Å². The number of nitrogens with one attached hydrogen (secondary N) is 1. The molecule has 0 saturated carbocycles. The van der Waals surface area contributed by atoms with Crippen LogP contribution in [0.5, 0.6) is 0 Å². The van der Waals surface area contributed by atoms with Gasteiger partial charge in [-0.2, -0.15) is 0 Å². The SMILES string of the molecule is Cc1ccc([N+](=O)[O-])cc1NC(=O)c1ccc([C@@H]2SCC(=O)N2CCc2ccccc2)cc1. The van der Waals surface area contributed by atoms with Gasteiger partial charge in [0, 0.05) is 24.2 Å². The van der Waals surface area contributed by atoms with Crippen molar-refractivity contribution in [3.05, 3.63) is 105 Å². The highest BCUT2D eigenvalue weighted by molar-refractivity contribution is 8.00. The van der Waals surface area contributed by atoms with E-state index in [0.29, 0.717) is 23.5 Å². The highest BCUT2D eigenvalue weighted by Crippen LogP contribution is 2.38. The van der Waals surface area contributed by atoms with E-state index in [1.807, 2.05) is 35.2 Å². The molecule has 2 amide bonds. The lowest BCUT2D eigenvalue weighted by Gasteiger charge is -2.24. The quantitative estimate of drug-likeness (QED) is 0.396. The third kappa shape index (κ3) is 5.23. The number of carbonyl (C=O) groups excluding carboxylic acids is 2. The molecular formula is C25H23N3O4S. The zero-order valence-corrected chi connectivity index (χ0v) is 18.9. The molecule has 33 heavy (non-hydrogen) atoms. The highest BCUT2D eigenvalue weighted by Gasteiger charge is 2.32. The van der Waals surface area contributed by atoms with Crippen LogP contribution in [0.15, 0.2) is 72.8 Å². The Bertz CT molecular complexity index is 1180. The van der Waals surface area contributed by atoms with E-state index in [1.165, 1.54) is 17.7 Å². The molecule has 7 nitrogen and oxygen atoms in total. The monoisotopic (exact) mass is 461 g/mol. The van der Waals surface area contributed by atoms with Crippen molar-refractivity contribution in [2.75, 3.05) is 17.6 Å². The fourth-order valence-corrected chi connectivity index (χ4v) is 4.94. The molecule has 0 aliphatic carbocycles. The molecule has 168 valence electrons. The van der Waals surface area contributed by atoms with E-state index in [9.17, 15) is 19.7 Å². The number of aryl methyl sites for hydroxylation is 1. The van der Waals surface area contributed by atoms with Gasteiger partial charge in [0.1, 0.15) is 5.37 Å². The number of non-ortho nitro benzene ring substituents is 1. The maximum atomic E-state index is 12.7. The Morgan fingerprint density at radius 3 is 2.55 bits per heavy atom. The molecule has 0 radical (unpaired) electrons. The van der Waals surface area contributed by atoms with Crippen LogP contribution in [-0.2, 0) is 11.2 Å². The molecule has 1 atom stereocenters. The summed E-state index contributed by atoms with van der Waals surface area (Å²) in [6, 6.07) is 21.6. The van der Waals surface area contributed by atoms with E-state index in [4.69, 9.17) is 0 Å². The van der Waals surface area contributed by atoms with Gasteiger partial charge >= 0.3 is 0 Å². The van der Waals surface area contributed by atoms with Crippen LogP contribution in [0.25, 0.3) is 0 Å². The number of hydrogen-bond acceptors (Lipinski definition) is 5. The molecule has 1 N–H and O–H groups in total. The van der Waals surface area contributed by atoms with E-state index in [2.05, 4.69) is 17.4 Å². The maximum Gasteiger partial charge on any atom is 0.271 e. The van der Waals surface area contributed by atoms with Crippen LogP contribution in [0.4, 0.5) is 11.4 Å². The Morgan fingerprint density at radius 1 is 1.12 bits per heavy atom. The number of nitro groups is 1. The summed E-state index contributed by atoms with van der Waals surface area (Å²) in [4.78, 5) is 37.6. The van der Waals surface area contributed by atoms with Crippen LogP contribution in [-0.4, -0.2) is 33.9 Å². The second kappa shape index (κ2) is 9.87. The third-order valence-corrected chi connectivity index (χ3v) is 6.85. The summed E-state index contributed by atoms with van der Waals surface area (Å²) < 4.78 is 0. The van der Waals surface area contributed by atoms with Gasteiger partial charge in [-0.25, -0.2) is 0 Å². The van der Waals surface area contributed by atoms with Crippen molar-refractivity contribution in [2.24, 2.45) is 0 Å². The first-order valence-corrected chi connectivity index (χ1v) is 11.6. The smallest absolute Gasteiger partial charge is 0.271 e. The fraction of sp³-hybridized carbons (Fsp3) is 0.200. The normalized spacial score (nSPS) is 15.5. The van der Waals surface area contributed by atoms with Gasteiger partial charge in [0.15, 0.2) is 0 Å². The van der Waals surface area contributed by atoms with Gasteiger partial charge in [-0.15, -0.1) is 11.8 Å². The number of nitrogens with zero attached hydrogens (tertiary/aromatic N) is 2. The lowest BCUT2D eigenvalue weighted by Crippen LogP contribution is -2.30. The Morgan fingerprint density at radius 2 is 1.85 bits per heavy atom. The largest absolute Gasteiger partial charge is 0.326 e. The minimum absolute atomic E-state index is 0.0789. The second-order valence-corrected chi connectivity index (χ2v) is 8.89. The summed E-state index contributed by atoms with van der Waals surface area (Å²) >= 11 is 1.58. The van der Waals surface area contributed by atoms with Crippen LogP contribution >= 0.6 is 11.8 Å². The topological polar surface area (TPSA) is 92.5 Å². The van der Waals surface area contributed by atoms with Crippen LogP contribution in [0.3, 0.4) is 0 Å². The van der Waals surface area contributed by atoms with Gasteiger partial charge in [-0.1, -0.05) is 48.5 Å². The zero-order chi connectivity index (χ0) is 23.4. The number of benzene rings is 3. The molecule has 0 bridgehead atoms. The van der Waals surface area contributed by atoms with Gasteiger partial charge < -0.3 is 10.2 Å². The fourth-order valence-electron chi connectivity index (χ4n) is 3.72. The average Bonchev–Trinajstić information content (AvgIpc) is 3.20. The van der Waals surface area contributed by atoms with Crippen molar-refractivity contribution < 1.29 is 14.5 Å². The molecule has 0 aromatic heterocycles. The number of anilines is 1. The van der Waals surface area contributed by atoms with Gasteiger partial charge in [0.25, 0.3) is 11.6 Å². The van der Waals surface area contributed by atoms with Crippen molar-refractivity contribution in [3.8, 4) is 0 Å². The number of rotatable bonds is 7. The predicted molar refractivity (Wildman–Crippen MR) is 129 cm³/mol. The number of hydrogen-bond donors (Lipinski definition) is 1. The minimum Gasteiger partial charge on any atom is -0.326 e. The summed E-state index contributed by atoms with van der Waals surface area (Å²) in [5.41, 5.74) is 3.65. The van der Waals surface area contributed by atoms with Crippen LogP contribution in [0.2, 0.25) is 0 Å². The number of carbonyl (C=O) groups is 2. The Balaban J connectivity index is 1.45. The first kappa shape index (κ1) is 22.5. The second-order valence-electron chi connectivity index (χ2n) is 7.82. The third-order valence-electron chi connectivity index (χ3n) is 5.59. The number of nitro benzene ring substituents is 1. The molecule has 4 rings (SSSR count). The molecule has 1 saturated heterocycles. The lowest BCUT2D eigenvalue weighted by atomic mass is 10.1. The predicted octanol–water partition coefficient (Wildman–Crippen LogP) is 4.97. The summed E-state index contributed by atoms with van der Waals surface area (Å²) in [5, 5.41) is 13.7. The maximum absolute atomic E-state index is 12.7. The van der Waals surface area contributed by atoms with Gasteiger partial charge in [0.05, 0.1) is 16.4 Å². The van der Waals surface area contributed by atoms with Crippen molar-refractivity contribution in [1.29, 1.82) is 0 Å². The van der Waals surface area contributed by atoms with Gasteiger partial charge in [-0.3, -0.25) is 19.7 Å². The summed E-state index contributed by atoms with van der Waals surface area (Å²) in [7, 11) is 0. The minimum atomic E-state index is -0.492. The Labute approximate surface area is 196 Å². The molecule has 1 aliphatic rings. The zero-order valence-electron chi connectivity index (χ0n) is 18.1. The molecule has 3 aromatic carbocycles. The number of amides is 2. The first-order chi connectivity index (χ1) is 15.9. The van der Waals surface area contributed by atoms with Crippen molar-refractivity contribution in [3.63, 3.8) is 0 Å². The molecule has 0 spiro atoms. The van der Waals surface area contributed by atoms with E-state index < -0.39 is 4.92 Å². The van der Waals surface area contributed by atoms with Gasteiger partial charge in [-0.05, 0) is 42.2 Å². The molecular weight excluding hydrogens is 438 g/mol. The highest BCUT2D eigenvalue weighted by atomic mass is 32.2. The van der Waals surface area contributed by atoms with Crippen molar-refractivity contribution in [1.82, 2.24) is 4.90 Å². The molecule has 0 unspecified atom stereocenters. The summed E-state index contributed by atoms with van der Waals surface area (Å²) in [6.07, 6.45) is 0.784. The summed E-state index contributed by atoms with van der Waals surface area (Å²) in [5.74, 6) is 0.207. The number of thioether (sulfide) groups is 1. The summed E-state index contributed by atoms with van der Waals surface area (Å²) in [6.45, 7) is 2.41. The molecule has 1 aliphatic heterocycles. The first-order valence-electron chi connectivity index (χ1n) is 10.5. The Kier molecular flexibility index (Phi) is 6.74. The average molecular weight is 462 g/mol. The van der Waals surface area contributed by atoms with E-state index in [-0.39, 0.29) is 22.9 Å². The molecule has 1 fully saturated rings. The van der Waals surface area contributed by atoms with E-state index in [0.717, 1.165) is 17.5 Å². The van der Waals surface area contributed by atoms with Crippen molar-refractivity contribution in [2.45, 2.75) is 18.7 Å². The molecule has 3 aromatic rings. The van der Waals surface area contributed by atoms with Gasteiger partial charge in [0.2, 0.25) is 5.91 Å². The van der Waals surface area contributed by atoms with Crippen LogP contribution in [0, 0.1) is 17.0 Å². The molecule has 8 heteroatoms. The van der Waals surface area contributed by atoms with Crippen LogP contribution < -0.4 is 5.32 Å². The Hall–Kier alpha value is -3.65. The van der Waals surface area contributed by atoms with E-state index >= 15 is 0 Å². The lowest BCUT2D eigenvalue weighted by molar-refractivity contribution is -0.384. The molecule has 1 heterocycles. The standard InChI is InChI=1S/C25H23N3O4S/c1-17-7-12-21(28(31)32)15-22(17)26-24(30)19-8-10-20(11-9-19)25-27(23(29)16-33-25)14-13-18-5-3-2-4-6-18/h2-12,15,25H,13-14,16H2,1H3,(H,26,30)/t25-/m0/s1.